The molecule has 0 heterocycles. The number of aromatic hydroxyl groups is 1. The second kappa shape index (κ2) is 8.10. The van der Waals surface area contributed by atoms with Gasteiger partial charge in [0, 0.05) is 17.7 Å². The normalized spacial score (nSPS) is 10.6. The Morgan fingerprint density at radius 1 is 0.880 bits per heavy atom. The van der Waals surface area contributed by atoms with Gasteiger partial charge in [-0.05, 0) is 30.4 Å². The lowest BCUT2D eigenvalue weighted by molar-refractivity contribution is 0.104. The van der Waals surface area contributed by atoms with Crippen molar-refractivity contribution in [3.63, 3.8) is 0 Å². The van der Waals surface area contributed by atoms with Gasteiger partial charge < -0.3 is 24.1 Å². The van der Waals surface area contributed by atoms with Gasteiger partial charge in [-0.15, -0.1) is 0 Å². The maximum atomic E-state index is 12.4. The van der Waals surface area contributed by atoms with Crippen LogP contribution in [-0.2, 0) is 0 Å². The Labute approximate surface area is 146 Å². The first-order valence-corrected chi connectivity index (χ1v) is 7.43. The van der Waals surface area contributed by atoms with E-state index in [-0.39, 0.29) is 11.5 Å². The lowest BCUT2D eigenvalue weighted by Crippen LogP contribution is -1.98. The second-order valence-corrected chi connectivity index (χ2v) is 5.03. The number of ether oxygens (including phenoxy) is 4. The molecule has 0 spiro atoms. The SMILES string of the molecule is COc1cc(O)c(/C=C\C(=O)c2ccc(OC)c(OC)c2)c(OC)c1. The zero-order valence-corrected chi connectivity index (χ0v) is 14.5. The molecule has 0 unspecified atom stereocenters. The van der Waals surface area contributed by atoms with Crippen molar-refractivity contribution in [1.82, 2.24) is 0 Å². The van der Waals surface area contributed by atoms with Gasteiger partial charge in [-0.25, -0.2) is 0 Å². The van der Waals surface area contributed by atoms with Crippen LogP contribution in [0, 0.1) is 0 Å². The summed E-state index contributed by atoms with van der Waals surface area (Å²) in [4.78, 5) is 12.4. The lowest BCUT2D eigenvalue weighted by atomic mass is 10.1. The summed E-state index contributed by atoms with van der Waals surface area (Å²) in [6, 6.07) is 7.96. The van der Waals surface area contributed by atoms with Crippen LogP contribution in [0.4, 0.5) is 0 Å². The first kappa shape index (κ1) is 18.2. The third-order valence-corrected chi connectivity index (χ3v) is 3.62. The monoisotopic (exact) mass is 344 g/mol. The molecule has 0 aliphatic carbocycles. The molecule has 6 heteroatoms. The van der Waals surface area contributed by atoms with Crippen molar-refractivity contribution < 1.29 is 28.8 Å². The minimum absolute atomic E-state index is 0.0486. The van der Waals surface area contributed by atoms with Crippen molar-refractivity contribution in [2.24, 2.45) is 0 Å². The first-order chi connectivity index (χ1) is 12.0. The predicted molar refractivity (Wildman–Crippen MR) is 94.1 cm³/mol. The highest BCUT2D eigenvalue weighted by atomic mass is 16.5. The maximum absolute atomic E-state index is 12.4. The number of hydrogen-bond acceptors (Lipinski definition) is 6. The molecule has 132 valence electrons. The van der Waals surface area contributed by atoms with Crippen LogP contribution >= 0.6 is 0 Å². The Bertz CT molecular complexity index is 795. The van der Waals surface area contributed by atoms with Crippen LogP contribution in [-0.4, -0.2) is 39.3 Å². The van der Waals surface area contributed by atoms with Crippen molar-refractivity contribution in [3.05, 3.63) is 47.5 Å². The molecule has 0 saturated heterocycles. The van der Waals surface area contributed by atoms with E-state index in [0.717, 1.165) is 0 Å². The number of carbonyl (C=O) groups is 1. The summed E-state index contributed by atoms with van der Waals surface area (Å²) in [7, 11) is 5.99. The standard InChI is InChI=1S/C19H20O6/c1-22-13-10-16(21)14(18(11-13)24-3)6-7-15(20)12-5-8-17(23-2)19(9-12)25-4/h5-11,21H,1-4H3/b7-6-. The first-order valence-electron chi connectivity index (χ1n) is 7.43. The zero-order chi connectivity index (χ0) is 18.4. The average Bonchev–Trinajstić information content (AvgIpc) is 2.65. The van der Waals surface area contributed by atoms with Crippen LogP contribution in [0.5, 0.6) is 28.7 Å². The van der Waals surface area contributed by atoms with Crippen molar-refractivity contribution in [2.45, 2.75) is 0 Å². The highest BCUT2D eigenvalue weighted by Gasteiger charge is 2.12. The number of carbonyl (C=O) groups excluding carboxylic acids is 1. The molecule has 0 radical (unpaired) electrons. The Hall–Kier alpha value is -3.15. The smallest absolute Gasteiger partial charge is 0.185 e. The molecular weight excluding hydrogens is 324 g/mol. The number of methoxy groups -OCH3 is 4. The van der Waals surface area contributed by atoms with Gasteiger partial charge in [0.25, 0.3) is 0 Å². The molecule has 1 N–H and O–H groups in total. The van der Waals surface area contributed by atoms with Crippen molar-refractivity contribution in [2.75, 3.05) is 28.4 Å². The van der Waals surface area contributed by atoms with E-state index in [1.165, 1.54) is 46.7 Å². The van der Waals surface area contributed by atoms with Gasteiger partial charge in [-0.2, -0.15) is 0 Å². The van der Waals surface area contributed by atoms with Crippen LogP contribution in [0.2, 0.25) is 0 Å². The van der Waals surface area contributed by atoms with E-state index < -0.39 is 0 Å². The molecule has 2 aromatic rings. The summed E-state index contributed by atoms with van der Waals surface area (Å²) in [5.41, 5.74) is 0.818. The average molecular weight is 344 g/mol. The Balaban J connectivity index is 2.32. The van der Waals surface area contributed by atoms with Gasteiger partial charge in [-0.1, -0.05) is 0 Å². The van der Waals surface area contributed by atoms with Crippen LogP contribution in [0.15, 0.2) is 36.4 Å². The fourth-order valence-electron chi connectivity index (χ4n) is 2.29. The van der Waals surface area contributed by atoms with E-state index in [0.29, 0.717) is 34.1 Å². The number of phenols is 1. The van der Waals surface area contributed by atoms with Crippen molar-refractivity contribution in [3.8, 4) is 28.7 Å². The van der Waals surface area contributed by atoms with E-state index in [4.69, 9.17) is 18.9 Å². The topological polar surface area (TPSA) is 74.2 Å². The Morgan fingerprint density at radius 3 is 2.16 bits per heavy atom. The number of rotatable bonds is 7. The molecular formula is C19H20O6. The second-order valence-electron chi connectivity index (χ2n) is 5.03. The van der Waals surface area contributed by atoms with Gasteiger partial charge in [0.05, 0.1) is 34.0 Å². The van der Waals surface area contributed by atoms with E-state index >= 15 is 0 Å². The molecule has 6 nitrogen and oxygen atoms in total. The van der Waals surface area contributed by atoms with E-state index in [1.807, 2.05) is 0 Å². The van der Waals surface area contributed by atoms with Gasteiger partial charge in [0.1, 0.15) is 17.2 Å². The lowest BCUT2D eigenvalue weighted by Gasteiger charge is -2.10. The third-order valence-electron chi connectivity index (χ3n) is 3.62. The van der Waals surface area contributed by atoms with Crippen molar-refractivity contribution >= 4 is 11.9 Å². The molecule has 0 bridgehead atoms. The Kier molecular flexibility index (Phi) is 5.89. The van der Waals surface area contributed by atoms with Gasteiger partial charge in [0.15, 0.2) is 17.3 Å². The Morgan fingerprint density at radius 2 is 1.56 bits per heavy atom. The minimum Gasteiger partial charge on any atom is -0.507 e. The van der Waals surface area contributed by atoms with Gasteiger partial charge >= 0.3 is 0 Å². The summed E-state index contributed by atoms with van der Waals surface area (Å²) >= 11 is 0. The van der Waals surface area contributed by atoms with Crippen LogP contribution in [0.25, 0.3) is 6.08 Å². The van der Waals surface area contributed by atoms with Gasteiger partial charge in [0.2, 0.25) is 0 Å². The van der Waals surface area contributed by atoms with E-state index in [2.05, 4.69) is 0 Å². The fraction of sp³-hybridized carbons (Fsp3) is 0.211. The summed E-state index contributed by atoms with van der Waals surface area (Å²) in [5, 5.41) is 10.1. The van der Waals surface area contributed by atoms with Crippen LogP contribution < -0.4 is 18.9 Å². The number of ketones is 1. The summed E-state index contributed by atoms with van der Waals surface area (Å²) in [5.74, 6) is 1.56. The number of benzene rings is 2. The third kappa shape index (κ3) is 4.03. The zero-order valence-electron chi connectivity index (χ0n) is 14.5. The quantitative estimate of drug-likeness (QED) is 0.613. The number of phenolic OH excluding ortho intramolecular Hbond substituents is 1. The largest absolute Gasteiger partial charge is 0.507 e. The highest BCUT2D eigenvalue weighted by molar-refractivity contribution is 6.07. The highest BCUT2D eigenvalue weighted by Crippen LogP contribution is 2.34. The maximum Gasteiger partial charge on any atom is 0.185 e. The molecule has 0 saturated carbocycles. The molecule has 0 fully saturated rings. The molecule has 0 aliphatic heterocycles. The molecule has 0 aliphatic rings. The predicted octanol–water partition coefficient (Wildman–Crippen LogP) is 3.32. The summed E-state index contributed by atoms with van der Waals surface area (Å²) in [6.07, 6.45) is 2.85. The fourth-order valence-corrected chi connectivity index (χ4v) is 2.29. The van der Waals surface area contributed by atoms with Crippen LogP contribution in [0.3, 0.4) is 0 Å². The molecule has 2 rings (SSSR count). The summed E-state index contributed by atoms with van der Waals surface area (Å²) < 4.78 is 20.7. The van der Waals surface area contributed by atoms with Crippen molar-refractivity contribution in [1.29, 1.82) is 0 Å². The minimum atomic E-state index is -0.252. The van der Waals surface area contributed by atoms with E-state index in [1.54, 1.807) is 24.3 Å². The van der Waals surface area contributed by atoms with Crippen LogP contribution in [0.1, 0.15) is 15.9 Å². The molecule has 2 aromatic carbocycles. The molecule has 0 aromatic heterocycles. The molecule has 25 heavy (non-hydrogen) atoms. The van der Waals surface area contributed by atoms with E-state index in [9.17, 15) is 9.90 Å². The molecule has 0 amide bonds. The van der Waals surface area contributed by atoms with Gasteiger partial charge in [-0.3, -0.25) is 4.79 Å². The number of allylic oxidation sites excluding steroid dienone is 1. The molecule has 0 atom stereocenters. The summed E-state index contributed by atoms with van der Waals surface area (Å²) in [6.45, 7) is 0. The number of hydrogen-bond donors (Lipinski definition) is 1.